The van der Waals surface area contributed by atoms with Gasteiger partial charge in [0, 0.05) is 19.6 Å². The van der Waals surface area contributed by atoms with Crippen molar-refractivity contribution in [2.75, 3.05) is 33.7 Å². The fourth-order valence-electron chi connectivity index (χ4n) is 3.03. The summed E-state index contributed by atoms with van der Waals surface area (Å²) in [6.45, 7) is 3.35. The second-order valence-electron chi connectivity index (χ2n) is 5.60. The molecule has 3 heteroatoms. The van der Waals surface area contributed by atoms with Crippen molar-refractivity contribution in [1.29, 1.82) is 0 Å². The van der Waals surface area contributed by atoms with Gasteiger partial charge in [-0.15, -0.1) is 0 Å². The molecular weight excluding hydrogens is 222 g/mol. The average molecular weight is 245 g/mol. The minimum atomic E-state index is 0.491. The Hall–Kier alpha value is -0.900. The van der Waals surface area contributed by atoms with Crippen LogP contribution in [0.2, 0.25) is 0 Å². The van der Waals surface area contributed by atoms with E-state index in [0.29, 0.717) is 6.04 Å². The molecule has 1 aliphatic heterocycles. The lowest BCUT2D eigenvalue weighted by molar-refractivity contribution is 0.0526. The van der Waals surface area contributed by atoms with Gasteiger partial charge in [0.25, 0.3) is 0 Å². The van der Waals surface area contributed by atoms with Gasteiger partial charge >= 0.3 is 0 Å². The zero-order valence-electron chi connectivity index (χ0n) is 11.4. The molecule has 0 spiro atoms. The lowest BCUT2D eigenvalue weighted by atomic mass is 9.95. The molecule has 18 heavy (non-hydrogen) atoms. The van der Waals surface area contributed by atoms with Crippen molar-refractivity contribution in [3.05, 3.63) is 35.4 Å². The van der Waals surface area contributed by atoms with Crippen molar-refractivity contribution in [1.82, 2.24) is 15.3 Å². The van der Waals surface area contributed by atoms with E-state index in [4.69, 9.17) is 0 Å². The van der Waals surface area contributed by atoms with Crippen LogP contribution >= 0.6 is 0 Å². The number of benzene rings is 1. The van der Waals surface area contributed by atoms with Crippen LogP contribution in [0, 0.1) is 0 Å². The first kappa shape index (κ1) is 12.2. The number of nitrogens with one attached hydrogen (secondary N) is 1. The van der Waals surface area contributed by atoms with Crippen molar-refractivity contribution in [2.45, 2.75) is 24.8 Å². The molecule has 3 rings (SSSR count). The third kappa shape index (κ3) is 2.30. The highest BCUT2D eigenvalue weighted by molar-refractivity contribution is 5.36. The summed E-state index contributed by atoms with van der Waals surface area (Å²) in [4.78, 5) is 2.43. The molecule has 0 bridgehead atoms. The predicted molar refractivity (Wildman–Crippen MR) is 74.4 cm³/mol. The summed E-state index contributed by atoms with van der Waals surface area (Å²) in [5.74, 6) is 0.826. The summed E-state index contributed by atoms with van der Waals surface area (Å²) in [5, 5.41) is 2.39. The normalized spacial score (nSPS) is 26.4. The second kappa shape index (κ2) is 5.00. The van der Waals surface area contributed by atoms with Crippen LogP contribution < -0.4 is 5.43 Å². The maximum atomic E-state index is 3.37. The molecular formula is C15H23N3. The second-order valence-corrected chi connectivity index (χ2v) is 5.60. The SMILES string of the molecule is CNN1CCN(C)CC1c1ccccc1C1CC1. The van der Waals surface area contributed by atoms with Gasteiger partial charge in [-0.05, 0) is 44.0 Å². The van der Waals surface area contributed by atoms with Gasteiger partial charge < -0.3 is 4.90 Å². The molecule has 1 saturated carbocycles. The third-order valence-corrected chi connectivity index (χ3v) is 4.24. The van der Waals surface area contributed by atoms with Gasteiger partial charge in [-0.1, -0.05) is 24.3 Å². The van der Waals surface area contributed by atoms with Crippen LogP contribution in [0.25, 0.3) is 0 Å². The predicted octanol–water partition coefficient (Wildman–Crippen LogP) is 1.99. The van der Waals surface area contributed by atoms with Crippen LogP contribution in [0.15, 0.2) is 24.3 Å². The lowest BCUT2D eigenvalue weighted by Gasteiger charge is -2.40. The van der Waals surface area contributed by atoms with E-state index in [1.165, 1.54) is 18.4 Å². The van der Waals surface area contributed by atoms with Gasteiger partial charge in [-0.2, -0.15) is 0 Å². The van der Waals surface area contributed by atoms with Gasteiger partial charge in [-0.25, -0.2) is 5.01 Å². The Morgan fingerprint density at radius 1 is 1.11 bits per heavy atom. The van der Waals surface area contributed by atoms with E-state index in [9.17, 15) is 0 Å². The zero-order chi connectivity index (χ0) is 12.5. The number of hydrogen-bond acceptors (Lipinski definition) is 3. The maximum absolute atomic E-state index is 3.37. The van der Waals surface area contributed by atoms with Gasteiger partial charge in [0.2, 0.25) is 0 Å². The number of nitrogens with zero attached hydrogens (tertiary/aromatic N) is 2. The largest absolute Gasteiger partial charge is 0.303 e. The van der Waals surface area contributed by atoms with E-state index in [1.54, 1.807) is 5.56 Å². The Morgan fingerprint density at radius 2 is 1.83 bits per heavy atom. The highest BCUT2D eigenvalue weighted by Gasteiger charge is 2.32. The molecule has 98 valence electrons. The molecule has 1 aliphatic carbocycles. The van der Waals surface area contributed by atoms with Gasteiger partial charge in [0.1, 0.15) is 0 Å². The smallest absolute Gasteiger partial charge is 0.0623 e. The van der Waals surface area contributed by atoms with E-state index in [-0.39, 0.29) is 0 Å². The molecule has 1 N–H and O–H groups in total. The van der Waals surface area contributed by atoms with Gasteiger partial charge in [0.15, 0.2) is 0 Å². The standard InChI is InChI=1S/C15H23N3/c1-16-18-10-9-17(2)11-15(18)14-6-4-3-5-13(14)12-7-8-12/h3-6,12,15-16H,7-11H2,1-2H3. The molecule has 2 aliphatic rings. The van der Waals surface area contributed by atoms with Crippen molar-refractivity contribution in [3.63, 3.8) is 0 Å². The van der Waals surface area contributed by atoms with Crippen molar-refractivity contribution < 1.29 is 0 Å². The molecule has 1 unspecified atom stereocenters. The van der Waals surface area contributed by atoms with Gasteiger partial charge in [0.05, 0.1) is 6.04 Å². The van der Waals surface area contributed by atoms with Crippen LogP contribution in [0.4, 0.5) is 0 Å². The Labute approximate surface area is 110 Å². The molecule has 3 nitrogen and oxygen atoms in total. The highest BCUT2D eigenvalue weighted by Crippen LogP contribution is 2.43. The number of piperazine rings is 1. The molecule has 1 heterocycles. The van der Waals surface area contributed by atoms with Crippen molar-refractivity contribution >= 4 is 0 Å². The molecule has 0 amide bonds. The fraction of sp³-hybridized carbons (Fsp3) is 0.600. The summed E-state index contributed by atoms with van der Waals surface area (Å²) in [7, 11) is 4.26. The Morgan fingerprint density at radius 3 is 2.50 bits per heavy atom. The first-order chi connectivity index (χ1) is 8.79. The number of hydrazine groups is 1. The van der Waals surface area contributed by atoms with Crippen LogP contribution in [0.5, 0.6) is 0 Å². The minimum Gasteiger partial charge on any atom is -0.303 e. The maximum Gasteiger partial charge on any atom is 0.0623 e. The van der Waals surface area contributed by atoms with Crippen LogP contribution in [-0.4, -0.2) is 43.6 Å². The quantitative estimate of drug-likeness (QED) is 0.878. The average Bonchev–Trinajstić information content (AvgIpc) is 3.23. The number of likely N-dealkylation sites (N-methyl/N-ethyl adjacent to an activating group) is 1. The van der Waals surface area contributed by atoms with Crippen LogP contribution in [0.3, 0.4) is 0 Å². The monoisotopic (exact) mass is 245 g/mol. The summed E-state index contributed by atoms with van der Waals surface area (Å²) in [6.07, 6.45) is 2.75. The minimum absolute atomic E-state index is 0.491. The topological polar surface area (TPSA) is 18.5 Å². The van der Waals surface area contributed by atoms with E-state index in [2.05, 4.69) is 46.6 Å². The first-order valence-corrected chi connectivity index (χ1v) is 7.01. The summed E-state index contributed by atoms with van der Waals surface area (Å²) < 4.78 is 0. The first-order valence-electron chi connectivity index (χ1n) is 7.01. The van der Waals surface area contributed by atoms with E-state index in [0.717, 1.165) is 25.6 Å². The van der Waals surface area contributed by atoms with E-state index >= 15 is 0 Å². The molecule has 1 atom stereocenters. The van der Waals surface area contributed by atoms with Crippen LogP contribution in [-0.2, 0) is 0 Å². The van der Waals surface area contributed by atoms with Gasteiger partial charge in [-0.3, -0.25) is 5.43 Å². The summed E-state index contributed by atoms with van der Waals surface area (Å²) in [5.41, 5.74) is 6.48. The van der Waals surface area contributed by atoms with E-state index < -0.39 is 0 Å². The lowest BCUT2D eigenvalue weighted by Crippen LogP contribution is -2.51. The fourth-order valence-corrected chi connectivity index (χ4v) is 3.03. The molecule has 2 fully saturated rings. The highest BCUT2D eigenvalue weighted by atomic mass is 15.5. The van der Waals surface area contributed by atoms with Crippen LogP contribution in [0.1, 0.15) is 35.9 Å². The Kier molecular flexibility index (Phi) is 3.37. The van der Waals surface area contributed by atoms with Crippen molar-refractivity contribution in [3.8, 4) is 0 Å². The summed E-state index contributed by atoms with van der Waals surface area (Å²) in [6, 6.07) is 9.51. The number of rotatable bonds is 3. The Balaban J connectivity index is 1.91. The molecule has 1 saturated heterocycles. The zero-order valence-corrected chi connectivity index (χ0v) is 11.4. The van der Waals surface area contributed by atoms with Crippen molar-refractivity contribution in [2.24, 2.45) is 0 Å². The summed E-state index contributed by atoms with van der Waals surface area (Å²) >= 11 is 0. The molecule has 0 aromatic heterocycles. The molecule has 1 aromatic carbocycles. The molecule has 1 aromatic rings. The number of hydrogen-bond donors (Lipinski definition) is 1. The van der Waals surface area contributed by atoms with E-state index in [1.807, 2.05) is 7.05 Å². The Bertz CT molecular complexity index is 414. The third-order valence-electron chi connectivity index (χ3n) is 4.24. The molecule has 0 radical (unpaired) electrons.